The number of hydrogen-bond acceptors (Lipinski definition) is 1. The lowest BCUT2D eigenvalue weighted by atomic mass is 9.51. The molecule has 1 atom stereocenters. The molecule has 1 nitrogen and oxygen atoms in total. The molecule has 1 heteroatoms. The zero-order chi connectivity index (χ0) is 18.4. The molecule has 3 saturated carbocycles. The molecule has 0 aliphatic heterocycles. The number of aldehydes is 1. The highest BCUT2D eigenvalue weighted by Gasteiger charge is 2.49. The van der Waals surface area contributed by atoms with Crippen LogP contribution in [-0.4, -0.2) is 6.29 Å². The van der Waals surface area contributed by atoms with E-state index in [9.17, 15) is 4.79 Å². The fourth-order valence-corrected chi connectivity index (χ4v) is 7.27. The first-order valence-corrected chi connectivity index (χ1v) is 12.2. The van der Waals surface area contributed by atoms with E-state index in [2.05, 4.69) is 13.8 Å². The van der Waals surface area contributed by atoms with E-state index in [1.807, 2.05) is 0 Å². The second kappa shape index (κ2) is 9.74. The summed E-state index contributed by atoms with van der Waals surface area (Å²) in [6.45, 7) is 4.69. The standard InChI is InChI=1S/C25H44O/c1-3-8-21-11-13-22(14-12-21)24(19-26)25(23-9-6-5-7-10-23)17-15-20(4-2)16-18-25/h19-24H,3-18H2,1-2H3/t20-,21?,22?,24?,25+. The third-order valence-corrected chi connectivity index (χ3v) is 8.94. The normalized spacial score (nSPS) is 38.0. The molecule has 3 aliphatic carbocycles. The number of hydrogen-bond donors (Lipinski definition) is 0. The van der Waals surface area contributed by atoms with Gasteiger partial charge in [-0.2, -0.15) is 0 Å². The van der Waals surface area contributed by atoms with Crippen LogP contribution in [0.5, 0.6) is 0 Å². The second-order valence-electron chi connectivity index (χ2n) is 10.2. The molecule has 3 fully saturated rings. The van der Waals surface area contributed by atoms with Crippen molar-refractivity contribution in [1.82, 2.24) is 0 Å². The van der Waals surface area contributed by atoms with Crippen molar-refractivity contribution in [2.75, 3.05) is 0 Å². The van der Waals surface area contributed by atoms with Gasteiger partial charge in [-0.15, -0.1) is 0 Å². The lowest BCUT2D eigenvalue weighted by Gasteiger charge is -2.53. The molecule has 3 aliphatic rings. The lowest BCUT2D eigenvalue weighted by Crippen LogP contribution is -2.46. The smallest absolute Gasteiger partial charge is 0.123 e. The van der Waals surface area contributed by atoms with Crippen molar-refractivity contribution in [1.29, 1.82) is 0 Å². The summed E-state index contributed by atoms with van der Waals surface area (Å²) in [4.78, 5) is 12.5. The Balaban J connectivity index is 1.74. The van der Waals surface area contributed by atoms with Crippen LogP contribution in [0.25, 0.3) is 0 Å². The largest absolute Gasteiger partial charge is 0.303 e. The maximum absolute atomic E-state index is 12.5. The molecule has 1 unspecified atom stereocenters. The van der Waals surface area contributed by atoms with E-state index in [1.54, 1.807) is 0 Å². The Bertz CT molecular complexity index is 406. The van der Waals surface area contributed by atoms with Gasteiger partial charge in [-0.05, 0) is 80.5 Å². The SMILES string of the molecule is CCCC1CCC(C(C=O)[C@]2(C3CCCCC3)CC[C@H](CC)CC2)CC1. The first-order chi connectivity index (χ1) is 12.7. The molecule has 0 heterocycles. The van der Waals surface area contributed by atoms with Crippen LogP contribution >= 0.6 is 0 Å². The Labute approximate surface area is 163 Å². The van der Waals surface area contributed by atoms with Crippen LogP contribution < -0.4 is 0 Å². The molecular formula is C25H44O. The van der Waals surface area contributed by atoms with Crippen molar-refractivity contribution in [2.24, 2.45) is 35.0 Å². The molecule has 0 saturated heterocycles. The number of carbonyl (C=O) groups is 1. The van der Waals surface area contributed by atoms with E-state index in [-0.39, 0.29) is 0 Å². The number of rotatable bonds is 7. The molecule has 0 aromatic carbocycles. The van der Waals surface area contributed by atoms with Crippen LogP contribution in [0.15, 0.2) is 0 Å². The Morgan fingerprint density at radius 3 is 2.04 bits per heavy atom. The minimum atomic E-state index is 0.367. The molecule has 0 aromatic rings. The molecule has 0 bridgehead atoms. The van der Waals surface area contributed by atoms with Gasteiger partial charge in [0.15, 0.2) is 0 Å². The zero-order valence-electron chi connectivity index (χ0n) is 17.7. The first-order valence-electron chi connectivity index (χ1n) is 12.2. The third-order valence-electron chi connectivity index (χ3n) is 8.94. The number of carbonyl (C=O) groups excluding carboxylic acids is 1. The van der Waals surface area contributed by atoms with Gasteiger partial charge < -0.3 is 4.79 Å². The summed E-state index contributed by atoms with van der Waals surface area (Å²) in [7, 11) is 0. The van der Waals surface area contributed by atoms with E-state index < -0.39 is 0 Å². The maximum Gasteiger partial charge on any atom is 0.123 e. The van der Waals surface area contributed by atoms with Gasteiger partial charge in [0.1, 0.15) is 6.29 Å². The average Bonchev–Trinajstić information content (AvgIpc) is 2.71. The molecule has 3 rings (SSSR count). The highest BCUT2D eigenvalue weighted by molar-refractivity contribution is 5.56. The molecule has 150 valence electrons. The molecular weight excluding hydrogens is 316 g/mol. The van der Waals surface area contributed by atoms with E-state index in [0.717, 1.165) is 17.8 Å². The minimum absolute atomic E-state index is 0.367. The molecule has 26 heavy (non-hydrogen) atoms. The summed E-state index contributed by atoms with van der Waals surface area (Å²) in [6.07, 6.45) is 23.6. The average molecular weight is 361 g/mol. The first kappa shape index (κ1) is 20.4. The van der Waals surface area contributed by atoms with Crippen molar-refractivity contribution in [3.8, 4) is 0 Å². The van der Waals surface area contributed by atoms with Crippen LogP contribution in [0.4, 0.5) is 0 Å². The van der Waals surface area contributed by atoms with Crippen LogP contribution in [0.1, 0.15) is 117 Å². The lowest BCUT2D eigenvalue weighted by molar-refractivity contribution is -0.125. The van der Waals surface area contributed by atoms with Gasteiger partial charge in [-0.1, -0.05) is 65.2 Å². The van der Waals surface area contributed by atoms with Crippen molar-refractivity contribution in [2.45, 2.75) is 117 Å². The summed E-state index contributed by atoms with van der Waals surface area (Å²) < 4.78 is 0. The van der Waals surface area contributed by atoms with Crippen molar-refractivity contribution < 1.29 is 4.79 Å². The van der Waals surface area contributed by atoms with E-state index in [1.165, 1.54) is 109 Å². The van der Waals surface area contributed by atoms with Crippen LogP contribution in [0.3, 0.4) is 0 Å². The molecule has 0 amide bonds. The van der Waals surface area contributed by atoms with Crippen LogP contribution in [0.2, 0.25) is 0 Å². The van der Waals surface area contributed by atoms with Crippen LogP contribution in [0, 0.1) is 35.0 Å². The maximum atomic E-state index is 12.5. The van der Waals surface area contributed by atoms with E-state index in [0.29, 0.717) is 17.3 Å². The quantitative estimate of drug-likeness (QED) is 0.428. The van der Waals surface area contributed by atoms with Gasteiger partial charge in [0.2, 0.25) is 0 Å². The van der Waals surface area contributed by atoms with Gasteiger partial charge in [0, 0.05) is 5.92 Å². The van der Waals surface area contributed by atoms with Gasteiger partial charge in [0.25, 0.3) is 0 Å². The summed E-state index contributed by atoms with van der Waals surface area (Å²) >= 11 is 0. The van der Waals surface area contributed by atoms with Gasteiger partial charge >= 0.3 is 0 Å². The van der Waals surface area contributed by atoms with Gasteiger partial charge in [0.05, 0.1) is 0 Å². The van der Waals surface area contributed by atoms with Gasteiger partial charge in [-0.3, -0.25) is 0 Å². The molecule has 0 aromatic heterocycles. The van der Waals surface area contributed by atoms with E-state index >= 15 is 0 Å². The van der Waals surface area contributed by atoms with Crippen molar-refractivity contribution in [3.63, 3.8) is 0 Å². The predicted molar refractivity (Wildman–Crippen MR) is 111 cm³/mol. The highest BCUT2D eigenvalue weighted by atomic mass is 16.1. The fraction of sp³-hybridized carbons (Fsp3) is 0.960. The molecule has 0 spiro atoms. The molecule has 0 N–H and O–H groups in total. The predicted octanol–water partition coefficient (Wildman–Crippen LogP) is 7.57. The van der Waals surface area contributed by atoms with Gasteiger partial charge in [-0.25, -0.2) is 0 Å². The zero-order valence-corrected chi connectivity index (χ0v) is 17.7. The summed E-state index contributed by atoms with van der Waals surface area (Å²) in [6, 6.07) is 0. The Hall–Kier alpha value is -0.330. The Morgan fingerprint density at radius 2 is 1.50 bits per heavy atom. The topological polar surface area (TPSA) is 17.1 Å². The Kier molecular flexibility index (Phi) is 7.64. The summed E-state index contributed by atoms with van der Waals surface area (Å²) in [5.41, 5.74) is 0.371. The fourth-order valence-electron chi connectivity index (χ4n) is 7.27. The van der Waals surface area contributed by atoms with Crippen molar-refractivity contribution in [3.05, 3.63) is 0 Å². The van der Waals surface area contributed by atoms with Crippen molar-refractivity contribution >= 4 is 6.29 Å². The molecule has 0 radical (unpaired) electrons. The Morgan fingerprint density at radius 1 is 0.846 bits per heavy atom. The summed E-state index contributed by atoms with van der Waals surface area (Å²) in [5.74, 6) is 3.79. The van der Waals surface area contributed by atoms with E-state index in [4.69, 9.17) is 0 Å². The van der Waals surface area contributed by atoms with Crippen LogP contribution in [-0.2, 0) is 4.79 Å². The summed E-state index contributed by atoms with van der Waals surface area (Å²) in [5, 5.41) is 0. The minimum Gasteiger partial charge on any atom is -0.303 e. The highest BCUT2D eigenvalue weighted by Crippen LogP contribution is 2.57. The second-order valence-corrected chi connectivity index (χ2v) is 10.2. The third kappa shape index (κ3) is 4.39. The monoisotopic (exact) mass is 360 g/mol.